The van der Waals surface area contributed by atoms with Gasteiger partial charge in [-0.1, -0.05) is 12.1 Å². The Balaban J connectivity index is 1.64. The first-order valence-corrected chi connectivity index (χ1v) is 8.28. The SMILES string of the molecule is CC(=O)CCCC(=O)Nc1ccc2[nH]c3c(ccc4cn[nH]c43)c2c1. The number of Topliss-reactive ketones (excluding diaryl/α,β-unsaturated/α-hetero) is 1. The van der Waals surface area contributed by atoms with Crippen LogP contribution in [0, 0.1) is 0 Å². The van der Waals surface area contributed by atoms with E-state index in [1.165, 1.54) is 0 Å². The normalized spacial score (nSPS) is 11.4. The lowest BCUT2D eigenvalue weighted by Gasteiger charge is -2.05. The molecular weight excluding hydrogens is 316 g/mol. The van der Waals surface area contributed by atoms with Gasteiger partial charge in [0.05, 0.1) is 17.2 Å². The number of aromatic nitrogens is 3. The molecule has 4 aromatic rings. The molecule has 0 atom stereocenters. The first-order valence-electron chi connectivity index (χ1n) is 8.28. The summed E-state index contributed by atoms with van der Waals surface area (Å²) in [6.07, 6.45) is 3.16. The van der Waals surface area contributed by atoms with E-state index in [0.29, 0.717) is 19.3 Å². The summed E-state index contributed by atoms with van der Waals surface area (Å²) >= 11 is 0. The van der Waals surface area contributed by atoms with Crippen LogP contribution in [0.1, 0.15) is 26.2 Å². The van der Waals surface area contributed by atoms with Crippen molar-refractivity contribution >= 4 is 50.1 Å². The molecule has 6 nitrogen and oxygen atoms in total. The quantitative estimate of drug-likeness (QED) is 0.517. The summed E-state index contributed by atoms with van der Waals surface area (Å²) in [6.45, 7) is 1.54. The van der Waals surface area contributed by atoms with Gasteiger partial charge in [0.1, 0.15) is 5.78 Å². The summed E-state index contributed by atoms with van der Waals surface area (Å²) < 4.78 is 0. The molecule has 2 aromatic carbocycles. The number of rotatable bonds is 5. The Hall–Kier alpha value is -3.15. The maximum atomic E-state index is 12.0. The van der Waals surface area contributed by atoms with E-state index in [2.05, 4.69) is 26.6 Å². The molecule has 2 aromatic heterocycles. The van der Waals surface area contributed by atoms with Gasteiger partial charge in [0.2, 0.25) is 5.91 Å². The molecule has 0 aliphatic rings. The third-order valence-electron chi connectivity index (χ3n) is 4.40. The minimum atomic E-state index is -0.0728. The van der Waals surface area contributed by atoms with Crippen molar-refractivity contribution in [2.75, 3.05) is 5.32 Å². The molecular formula is C19H18N4O2. The maximum absolute atomic E-state index is 12.0. The van der Waals surface area contributed by atoms with E-state index in [-0.39, 0.29) is 11.7 Å². The topological polar surface area (TPSA) is 90.6 Å². The van der Waals surface area contributed by atoms with Crippen LogP contribution in [-0.4, -0.2) is 26.9 Å². The minimum absolute atomic E-state index is 0.0728. The van der Waals surface area contributed by atoms with E-state index in [4.69, 9.17) is 0 Å². The van der Waals surface area contributed by atoms with Crippen molar-refractivity contribution in [1.82, 2.24) is 15.2 Å². The number of carbonyl (C=O) groups excluding carboxylic acids is 2. The number of H-pyrrole nitrogens is 2. The van der Waals surface area contributed by atoms with E-state index < -0.39 is 0 Å². The lowest BCUT2D eigenvalue weighted by molar-refractivity contribution is -0.117. The van der Waals surface area contributed by atoms with E-state index in [9.17, 15) is 9.59 Å². The summed E-state index contributed by atoms with van der Waals surface area (Å²) in [5.74, 6) is 0.0366. The maximum Gasteiger partial charge on any atom is 0.224 e. The molecule has 0 aliphatic heterocycles. The highest BCUT2D eigenvalue weighted by Gasteiger charge is 2.10. The van der Waals surface area contributed by atoms with E-state index in [1.54, 1.807) is 13.1 Å². The third-order valence-corrected chi connectivity index (χ3v) is 4.40. The van der Waals surface area contributed by atoms with Crippen molar-refractivity contribution in [3.8, 4) is 0 Å². The molecule has 6 heteroatoms. The molecule has 0 saturated carbocycles. The van der Waals surface area contributed by atoms with Crippen LogP contribution in [-0.2, 0) is 9.59 Å². The van der Waals surface area contributed by atoms with Crippen LogP contribution in [0.3, 0.4) is 0 Å². The number of benzene rings is 2. The number of amides is 1. The number of hydrogen-bond acceptors (Lipinski definition) is 3. The van der Waals surface area contributed by atoms with Gasteiger partial charge in [-0.3, -0.25) is 9.89 Å². The zero-order chi connectivity index (χ0) is 17.4. The van der Waals surface area contributed by atoms with E-state index in [0.717, 1.165) is 38.4 Å². The molecule has 2 heterocycles. The smallest absolute Gasteiger partial charge is 0.224 e. The molecule has 4 rings (SSSR count). The second-order valence-electron chi connectivity index (χ2n) is 6.31. The lowest BCUT2D eigenvalue weighted by Crippen LogP contribution is -2.11. The summed E-state index contributed by atoms with van der Waals surface area (Å²) in [4.78, 5) is 26.4. The Bertz CT molecular complexity index is 1110. The number of aromatic amines is 2. The Morgan fingerprint density at radius 2 is 1.96 bits per heavy atom. The van der Waals surface area contributed by atoms with Crippen molar-refractivity contribution in [2.45, 2.75) is 26.2 Å². The number of nitrogens with one attached hydrogen (secondary N) is 3. The molecule has 0 unspecified atom stereocenters. The van der Waals surface area contributed by atoms with Crippen LogP contribution in [0.25, 0.3) is 32.7 Å². The van der Waals surface area contributed by atoms with Gasteiger partial charge >= 0.3 is 0 Å². The average molecular weight is 334 g/mol. The predicted octanol–water partition coefficient (Wildman–Crippen LogP) is 3.90. The van der Waals surface area contributed by atoms with Gasteiger partial charge in [-0.2, -0.15) is 5.10 Å². The van der Waals surface area contributed by atoms with Crippen LogP contribution in [0.15, 0.2) is 36.5 Å². The summed E-state index contributed by atoms with van der Waals surface area (Å²) in [7, 11) is 0. The van der Waals surface area contributed by atoms with Crippen LogP contribution >= 0.6 is 0 Å². The molecule has 126 valence electrons. The minimum Gasteiger partial charge on any atom is -0.353 e. The van der Waals surface area contributed by atoms with E-state index in [1.807, 2.05) is 24.3 Å². The number of fused-ring (bicyclic) bond motifs is 5. The Labute approximate surface area is 143 Å². The van der Waals surface area contributed by atoms with Crippen molar-refractivity contribution in [3.63, 3.8) is 0 Å². The summed E-state index contributed by atoms with van der Waals surface area (Å²) in [6, 6.07) is 9.90. The highest BCUT2D eigenvalue weighted by atomic mass is 16.1. The second-order valence-corrected chi connectivity index (χ2v) is 6.31. The van der Waals surface area contributed by atoms with Crippen molar-refractivity contribution in [2.24, 2.45) is 0 Å². The Morgan fingerprint density at radius 3 is 2.80 bits per heavy atom. The van der Waals surface area contributed by atoms with Crippen LogP contribution in [0.5, 0.6) is 0 Å². The molecule has 0 fully saturated rings. The zero-order valence-electron chi connectivity index (χ0n) is 13.8. The van der Waals surface area contributed by atoms with Crippen LogP contribution < -0.4 is 5.32 Å². The highest BCUT2D eigenvalue weighted by molar-refractivity contribution is 6.16. The number of nitrogens with zero attached hydrogens (tertiary/aromatic N) is 1. The summed E-state index contributed by atoms with van der Waals surface area (Å²) in [5, 5.41) is 13.2. The second kappa shape index (κ2) is 6.05. The van der Waals surface area contributed by atoms with Gasteiger partial charge in [0.25, 0.3) is 0 Å². The Morgan fingerprint density at radius 1 is 1.08 bits per heavy atom. The first-order chi connectivity index (χ1) is 12.1. The standard InChI is InChI=1S/C19H18N4O2/c1-11(24)3-2-4-17(25)21-13-6-8-16-15(9-13)14-7-5-12-10-20-23-18(12)19(14)22-16/h5-10,22H,2-4H2,1H3,(H,20,23)(H,21,25). The number of anilines is 1. The monoisotopic (exact) mass is 334 g/mol. The molecule has 0 saturated heterocycles. The fraction of sp³-hybridized carbons (Fsp3) is 0.211. The molecule has 0 radical (unpaired) electrons. The summed E-state index contributed by atoms with van der Waals surface area (Å²) in [5.41, 5.74) is 3.75. The highest BCUT2D eigenvalue weighted by Crippen LogP contribution is 2.31. The zero-order valence-corrected chi connectivity index (χ0v) is 13.8. The van der Waals surface area contributed by atoms with Crippen LogP contribution in [0.4, 0.5) is 5.69 Å². The molecule has 1 amide bonds. The van der Waals surface area contributed by atoms with Crippen LogP contribution in [0.2, 0.25) is 0 Å². The van der Waals surface area contributed by atoms with E-state index >= 15 is 0 Å². The van der Waals surface area contributed by atoms with Gasteiger partial charge < -0.3 is 15.1 Å². The van der Waals surface area contributed by atoms with Gasteiger partial charge in [0, 0.05) is 40.2 Å². The molecule has 0 bridgehead atoms. The van der Waals surface area contributed by atoms with Crippen molar-refractivity contribution in [3.05, 3.63) is 36.5 Å². The fourth-order valence-corrected chi connectivity index (χ4v) is 3.18. The molecule has 3 N–H and O–H groups in total. The van der Waals surface area contributed by atoms with Gasteiger partial charge in [-0.05, 0) is 31.5 Å². The molecule has 0 spiro atoms. The lowest BCUT2D eigenvalue weighted by atomic mass is 10.1. The Kier molecular flexibility index (Phi) is 3.72. The molecule has 25 heavy (non-hydrogen) atoms. The number of carbonyl (C=O) groups is 2. The first kappa shape index (κ1) is 15.4. The number of hydrogen-bond donors (Lipinski definition) is 3. The van der Waals surface area contributed by atoms with Gasteiger partial charge in [-0.15, -0.1) is 0 Å². The van der Waals surface area contributed by atoms with Gasteiger partial charge in [0.15, 0.2) is 0 Å². The van der Waals surface area contributed by atoms with Crippen molar-refractivity contribution in [1.29, 1.82) is 0 Å². The number of ketones is 1. The third kappa shape index (κ3) is 2.87. The largest absolute Gasteiger partial charge is 0.353 e. The van der Waals surface area contributed by atoms with Crippen molar-refractivity contribution < 1.29 is 9.59 Å². The van der Waals surface area contributed by atoms with Gasteiger partial charge in [-0.25, -0.2) is 0 Å². The molecule has 0 aliphatic carbocycles. The predicted molar refractivity (Wildman–Crippen MR) is 98.6 cm³/mol. The fourth-order valence-electron chi connectivity index (χ4n) is 3.18. The average Bonchev–Trinajstić information content (AvgIpc) is 3.17.